The predicted molar refractivity (Wildman–Crippen MR) is 102 cm³/mol. The molecule has 0 unspecified atom stereocenters. The first-order chi connectivity index (χ1) is 13.0. The Labute approximate surface area is 161 Å². The van der Waals surface area contributed by atoms with Gasteiger partial charge in [-0.05, 0) is 36.4 Å². The zero-order chi connectivity index (χ0) is 19.4. The van der Waals surface area contributed by atoms with Crippen LogP contribution >= 0.6 is 11.6 Å². The van der Waals surface area contributed by atoms with Gasteiger partial charge >= 0.3 is 12.0 Å². The number of hydrogen-bond acceptors (Lipinski definition) is 4. The first-order valence-corrected chi connectivity index (χ1v) is 8.66. The molecule has 0 aliphatic carbocycles. The van der Waals surface area contributed by atoms with Crippen molar-refractivity contribution < 1.29 is 19.1 Å². The van der Waals surface area contributed by atoms with Crippen molar-refractivity contribution in [1.29, 1.82) is 0 Å². The predicted octanol–water partition coefficient (Wildman–Crippen LogP) is 3.01. The molecule has 0 atom stereocenters. The summed E-state index contributed by atoms with van der Waals surface area (Å²) in [7, 11) is 1.27. The summed E-state index contributed by atoms with van der Waals surface area (Å²) in [6.45, 7) is 0.790. The summed E-state index contributed by atoms with van der Waals surface area (Å²) in [5.41, 5.74) is 1.32. The molecule has 8 heteroatoms. The topological polar surface area (TPSA) is 79.0 Å². The van der Waals surface area contributed by atoms with Crippen molar-refractivity contribution >= 4 is 40.9 Å². The van der Waals surface area contributed by atoms with E-state index in [1.54, 1.807) is 53.4 Å². The number of nitrogens with one attached hydrogen (secondary N) is 1. The van der Waals surface area contributed by atoms with E-state index in [2.05, 4.69) is 5.32 Å². The Morgan fingerprint density at radius 3 is 2.52 bits per heavy atom. The van der Waals surface area contributed by atoms with Crippen LogP contribution in [0.25, 0.3) is 0 Å². The Balaban J connectivity index is 1.65. The van der Waals surface area contributed by atoms with Crippen LogP contribution < -0.4 is 10.2 Å². The number of amides is 3. The van der Waals surface area contributed by atoms with E-state index in [0.717, 1.165) is 5.69 Å². The number of halogens is 1. The summed E-state index contributed by atoms with van der Waals surface area (Å²) < 4.78 is 4.71. The van der Waals surface area contributed by atoms with E-state index in [4.69, 9.17) is 16.3 Å². The number of para-hydroxylation sites is 1. The lowest BCUT2D eigenvalue weighted by Gasteiger charge is -2.19. The minimum Gasteiger partial charge on any atom is -0.465 e. The molecule has 0 spiro atoms. The third kappa shape index (κ3) is 4.20. The average molecular weight is 388 g/mol. The molecular formula is C19H18ClN3O4. The van der Waals surface area contributed by atoms with Crippen molar-refractivity contribution in [2.45, 2.75) is 0 Å². The molecule has 0 bridgehead atoms. The smallest absolute Gasteiger partial charge is 0.339 e. The number of methoxy groups -OCH3 is 1. The molecule has 3 rings (SSSR count). The lowest BCUT2D eigenvalue weighted by atomic mass is 10.2. The highest BCUT2D eigenvalue weighted by atomic mass is 35.5. The molecule has 140 valence electrons. The third-order valence-electron chi connectivity index (χ3n) is 4.17. The molecule has 7 nitrogen and oxygen atoms in total. The molecule has 2 aromatic rings. The van der Waals surface area contributed by atoms with Gasteiger partial charge in [-0.1, -0.05) is 23.7 Å². The van der Waals surface area contributed by atoms with Gasteiger partial charge in [-0.15, -0.1) is 0 Å². The van der Waals surface area contributed by atoms with Gasteiger partial charge in [0.25, 0.3) is 0 Å². The highest BCUT2D eigenvalue weighted by molar-refractivity contribution is 6.30. The normalized spacial score (nSPS) is 13.6. The summed E-state index contributed by atoms with van der Waals surface area (Å²) in [6, 6.07) is 13.2. The minimum absolute atomic E-state index is 0.113. The number of rotatable bonds is 5. The van der Waals surface area contributed by atoms with Gasteiger partial charge in [-0.2, -0.15) is 0 Å². The third-order valence-corrected chi connectivity index (χ3v) is 4.43. The van der Waals surface area contributed by atoms with Crippen molar-refractivity contribution in [2.24, 2.45) is 0 Å². The molecular weight excluding hydrogens is 370 g/mol. The molecule has 1 aliphatic rings. The van der Waals surface area contributed by atoms with Crippen LogP contribution in [0.15, 0.2) is 48.5 Å². The van der Waals surface area contributed by atoms with Crippen LogP contribution in [0.3, 0.4) is 0 Å². The van der Waals surface area contributed by atoms with Crippen molar-refractivity contribution in [3.8, 4) is 0 Å². The van der Waals surface area contributed by atoms with Gasteiger partial charge in [-0.3, -0.25) is 9.69 Å². The number of nitrogens with zero attached hydrogens (tertiary/aromatic N) is 2. The standard InChI is InChI=1S/C19H18ClN3O4/c1-27-18(25)15-4-2-3-5-16(15)21-17(24)12-22-10-11-23(19(22)26)14-8-6-13(20)7-9-14/h2-9H,10-12H2,1H3,(H,21,24). The lowest BCUT2D eigenvalue weighted by molar-refractivity contribution is -0.116. The number of carbonyl (C=O) groups excluding carboxylic acids is 3. The Morgan fingerprint density at radius 1 is 1.11 bits per heavy atom. The monoisotopic (exact) mass is 387 g/mol. The van der Waals surface area contributed by atoms with Crippen LogP contribution in [0, 0.1) is 0 Å². The highest BCUT2D eigenvalue weighted by Gasteiger charge is 2.31. The molecule has 1 fully saturated rings. The fourth-order valence-corrected chi connectivity index (χ4v) is 2.96. The quantitative estimate of drug-likeness (QED) is 0.800. The molecule has 27 heavy (non-hydrogen) atoms. The maximum atomic E-state index is 12.6. The molecule has 3 amide bonds. The average Bonchev–Trinajstić information content (AvgIpc) is 3.02. The summed E-state index contributed by atoms with van der Waals surface area (Å²) >= 11 is 5.88. The van der Waals surface area contributed by atoms with Crippen LogP contribution in [-0.4, -0.2) is 49.6 Å². The van der Waals surface area contributed by atoms with Crippen LogP contribution in [0.5, 0.6) is 0 Å². The van der Waals surface area contributed by atoms with Gasteiger partial charge in [0.05, 0.1) is 18.4 Å². The van der Waals surface area contributed by atoms with Gasteiger partial charge in [-0.25, -0.2) is 9.59 Å². The van der Waals surface area contributed by atoms with Crippen molar-refractivity contribution in [1.82, 2.24) is 4.90 Å². The Hall–Kier alpha value is -3.06. The van der Waals surface area contributed by atoms with Crippen LogP contribution in [0.4, 0.5) is 16.2 Å². The van der Waals surface area contributed by atoms with Crippen molar-refractivity contribution in [2.75, 3.05) is 37.0 Å². The van der Waals surface area contributed by atoms with Gasteiger partial charge in [0.1, 0.15) is 6.54 Å². The van der Waals surface area contributed by atoms with E-state index >= 15 is 0 Å². The van der Waals surface area contributed by atoms with E-state index < -0.39 is 11.9 Å². The van der Waals surface area contributed by atoms with E-state index in [0.29, 0.717) is 23.8 Å². The highest BCUT2D eigenvalue weighted by Crippen LogP contribution is 2.22. The van der Waals surface area contributed by atoms with Crippen LogP contribution in [-0.2, 0) is 9.53 Å². The van der Waals surface area contributed by atoms with Gasteiger partial charge in [0.15, 0.2) is 0 Å². The van der Waals surface area contributed by atoms with Crippen molar-refractivity contribution in [3.05, 3.63) is 59.1 Å². The molecule has 1 saturated heterocycles. The van der Waals surface area contributed by atoms with E-state index in [1.165, 1.54) is 12.0 Å². The number of esters is 1. The Morgan fingerprint density at radius 2 is 1.81 bits per heavy atom. The van der Waals surface area contributed by atoms with Crippen LogP contribution in [0.2, 0.25) is 5.02 Å². The fourth-order valence-electron chi connectivity index (χ4n) is 2.83. The van der Waals surface area contributed by atoms with E-state index in [9.17, 15) is 14.4 Å². The molecule has 0 aromatic heterocycles. The molecule has 1 N–H and O–H groups in total. The summed E-state index contributed by atoms with van der Waals surface area (Å²) in [4.78, 5) is 39.8. The van der Waals surface area contributed by atoms with Gasteiger partial charge < -0.3 is 15.0 Å². The van der Waals surface area contributed by atoms with Crippen molar-refractivity contribution in [3.63, 3.8) is 0 Å². The Kier molecular flexibility index (Phi) is 5.61. The second kappa shape index (κ2) is 8.09. The van der Waals surface area contributed by atoms with E-state index in [1.807, 2.05) is 0 Å². The Bertz CT molecular complexity index is 870. The molecule has 0 saturated carbocycles. The maximum absolute atomic E-state index is 12.6. The number of urea groups is 1. The first kappa shape index (κ1) is 18.7. The SMILES string of the molecule is COC(=O)c1ccccc1NC(=O)CN1CCN(c2ccc(Cl)cc2)C1=O. The van der Waals surface area contributed by atoms with Gasteiger partial charge in [0, 0.05) is 23.8 Å². The largest absolute Gasteiger partial charge is 0.465 e. The summed E-state index contributed by atoms with van der Waals surface area (Å²) in [5, 5.41) is 3.25. The number of hydrogen-bond donors (Lipinski definition) is 1. The number of anilines is 2. The lowest BCUT2D eigenvalue weighted by Crippen LogP contribution is -2.37. The fraction of sp³-hybridized carbons (Fsp3) is 0.211. The number of benzene rings is 2. The summed E-state index contributed by atoms with van der Waals surface area (Å²) in [6.07, 6.45) is 0. The second-order valence-corrected chi connectivity index (χ2v) is 6.35. The second-order valence-electron chi connectivity index (χ2n) is 5.92. The zero-order valence-electron chi connectivity index (χ0n) is 14.6. The van der Waals surface area contributed by atoms with Crippen LogP contribution in [0.1, 0.15) is 10.4 Å². The first-order valence-electron chi connectivity index (χ1n) is 8.29. The zero-order valence-corrected chi connectivity index (χ0v) is 15.4. The minimum atomic E-state index is -0.544. The summed E-state index contributed by atoms with van der Waals surface area (Å²) in [5.74, 6) is -0.935. The van der Waals surface area contributed by atoms with E-state index in [-0.39, 0.29) is 18.1 Å². The molecule has 2 aromatic carbocycles. The maximum Gasteiger partial charge on any atom is 0.339 e. The van der Waals surface area contributed by atoms with Gasteiger partial charge in [0.2, 0.25) is 5.91 Å². The molecule has 0 radical (unpaired) electrons. The molecule has 1 aliphatic heterocycles. The number of ether oxygens (including phenoxy) is 1. The molecule has 1 heterocycles. The number of carbonyl (C=O) groups is 3.